The fourth-order valence-corrected chi connectivity index (χ4v) is 6.49. The summed E-state index contributed by atoms with van der Waals surface area (Å²) >= 11 is 5.56. The minimum atomic E-state index is -1.16. The van der Waals surface area contributed by atoms with Gasteiger partial charge >= 0.3 is 0 Å². The summed E-state index contributed by atoms with van der Waals surface area (Å²) in [7, 11) is 0. The lowest BCUT2D eigenvalue weighted by atomic mass is 10.1. The lowest BCUT2D eigenvalue weighted by Crippen LogP contribution is -2.37. The van der Waals surface area contributed by atoms with E-state index >= 15 is 0 Å². The Bertz CT molecular complexity index is 782. The van der Waals surface area contributed by atoms with Crippen LogP contribution in [0.15, 0.2) is 12.7 Å². The van der Waals surface area contributed by atoms with Gasteiger partial charge in [-0.2, -0.15) is 0 Å². The van der Waals surface area contributed by atoms with Crippen molar-refractivity contribution >= 4 is 91.2 Å². The van der Waals surface area contributed by atoms with Gasteiger partial charge in [0.1, 0.15) is 0 Å². The highest BCUT2D eigenvalue weighted by atomic mass is 127. The largest absolute Gasteiger partial charge is 0.394 e. The average molecular weight is 759 g/mol. The van der Waals surface area contributed by atoms with Crippen molar-refractivity contribution in [2.75, 3.05) is 31.6 Å². The monoisotopic (exact) mass is 759 g/mol. The minimum Gasteiger partial charge on any atom is -0.394 e. The van der Waals surface area contributed by atoms with Crippen LogP contribution in [0, 0.1) is 10.7 Å². The van der Waals surface area contributed by atoms with E-state index in [1.165, 1.54) is 0 Å². The summed E-state index contributed by atoms with van der Waals surface area (Å²) in [6.07, 6.45) is -1.27. The number of carbonyl (C=O) groups is 3. The van der Waals surface area contributed by atoms with Crippen LogP contribution in [0.25, 0.3) is 0 Å². The molecule has 10 nitrogen and oxygen atoms in total. The highest BCUT2D eigenvalue weighted by Crippen LogP contribution is 2.35. The quantitative estimate of drug-likeness (QED) is 0.128. The Kier molecular flexibility index (Phi) is 11.9. The van der Waals surface area contributed by atoms with Gasteiger partial charge in [-0.05, 0) is 73.8 Å². The maximum absolute atomic E-state index is 12.8. The number of rotatable bonds is 10. The third-order valence-corrected chi connectivity index (χ3v) is 6.86. The molecule has 0 aliphatic heterocycles. The normalized spacial score (nSPS) is 12.6. The first-order valence-electron chi connectivity index (χ1n) is 8.37. The van der Waals surface area contributed by atoms with Crippen LogP contribution in [0.5, 0.6) is 0 Å². The molecule has 1 aromatic rings. The molecular weight excluding hydrogens is 739 g/mol. The molecule has 0 saturated heterocycles. The summed E-state index contributed by atoms with van der Waals surface area (Å²) in [5, 5.41) is 44.3. The van der Waals surface area contributed by atoms with Gasteiger partial charge in [-0.15, -0.1) is 0 Å². The molecule has 0 aliphatic rings. The van der Waals surface area contributed by atoms with E-state index in [9.17, 15) is 24.6 Å². The molecule has 0 aromatic heterocycles. The summed E-state index contributed by atoms with van der Waals surface area (Å²) in [6, 6.07) is 0. The van der Waals surface area contributed by atoms with Crippen LogP contribution in [0.4, 0.5) is 5.69 Å². The predicted octanol–water partition coefficient (Wildman–Crippen LogP) is -0.209. The molecule has 0 fully saturated rings. The first-order valence-corrected chi connectivity index (χ1v) is 11.6. The SMILES string of the molecule is C=CC(=O)Nc1c(I)c(C(=O)NCC(O)CO)c(I)c(C(=O)NCC(O)CO)c1I. The van der Waals surface area contributed by atoms with E-state index < -0.39 is 43.1 Å². The first-order chi connectivity index (χ1) is 14.1. The average Bonchev–Trinajstić information content (AvgIpc) is 2.72. The molecule has 166 valence electrons. The van der Waals surface area contributed by atoms with Crippen LogP contribution in [0.3, 0.4) is 0 Å². The van der Waals surface area contributed by atoms with Crippen molar-refractivity contribution in [1.29, 1.82) is 0 Å². The van der Waals surface area contributed by atoms with Crippen molar-refractivity contribution in [3.63, 3.8) is 0 Å². The second-order valence-electron chi connectivity index (χ2n) is 5.85. The Hall–Kier alpha value is -0.600. The Morgan fingerprint density at radius 1 is 0.867 bits per heavy atom. The number of carbonyl (C=O) groups excluding carboxylic acids is 3. The fraction of sp³-hybridized carbons (Fsp3) is 0.353. The zero-order valence-corrected chi connectivity index (χ0v) is 21.9. The molecule has 30 heavy (non-hydrogen) atoms. The molecule has 7 N–H and O–H groups in total. The number of aliphatic hydroxyl groups excluding tert-OH is 4. The lowest BCUT2D eigenvalue weighted by molar-refractivity contribution is -0.111. The molecule has 13 heteroatoms. The maximum atomic E-state index is 12.8. The molecule has 2 atom stereocenters. The van der Waals surface area contributed by atoms with E-state index in [0.29, 0.717) is 7.14 Å². The van der Waals surface area contributed by atoms with Crippen LogP contribution in [0.1, 0.15) is 20.7 Å². The molecule has 2 unspecified atom stereocenters. The summed E-state index contributed by atoms with van der Waals surface area (Å²) in [4.78, 5) is 37.4. The van der Waals surface area contributed by atoms with Gasteiger partial charge in [0, 0.05) is 16.7 Å². The molecule has 0 heterocycles. The van der Waals surface area contributed by atoms with Gasteiger partial charge < -0.3 is 36.4 Å². The van der Waals surface area contributed by atoms with Gasteiger partial charge in [0.2, 0.25) is 5.91 Å². The number of hydrogen-bond donors (Lipinski definition) is 7. The highest BCUT2D eigenvalue weighted by molar-refractivity contribution is 14.1. The Morgan fingerprint density at radius 2 is 1.27 bits per heavy atom. The van der Waals surface area contributed by atoms with Gasteiger partial charge in [-0.25, -0.2) is 0 Å². The van der Waals surface area contributed by atoms with Crippen molar-refractivity contribution in [2.45, 2.75) is 12.2 Å². The Labute approximate surface area is 213 Å². The summed E-state index contributed by atoms with van der Waals surface area (Å²) in [5.41, 5.74) is 0.408. The number of nitrogens with one attached hydrogen (secondary N) is 3. The van der Waals surface area contributed by atoms with Crippen molar-refractivity contribution in [2.24, 2.45) is 0 Å². The number of aliphatic hydroxyl groups is 4. The number of anilines is 1. The molecule has 0 bridgehead atoms. The van der Waals surface area contributed by atoms with Gasteiger partial charge in [-0.1, -0.05) is 6.58 Å². The Morgan fingerprint density at radius 3 is 1.60 bits per heavy atom. The molecule has 0 saturated carbocycles. The van der Waals surface area contributed by atoms with E-state index in [-0.39, 0.29) is 33.5 Å². The van der Waals surface area contributed by atoms with Crippen molar-refractivity contribution in [3.05, 3.63) is 34.5 Å². The molecular formula is C17H20I3N3O7. The van der Waals surface area contributed by atoms with Crippen LogP contribution in [0.2, 0.25) is 0 Å². The highest BCUT2D eigenvalue weighted by Gasteiger charge is 2.28. The summed E-state index contributed by atoms with van der Waals surface area (Å²) < 4.78 is 1.00. The zero-order chi connectivity index (χ0) is 23.0. The topological polar surface area (TPSA) is 168 Å². The second-order valence-corrected chi connectivity index (χ2v) is 9.09. The van der Waals surface area contributed by atoms with Gasteiger partial charge in [0.15, 0.2) is 0 Å². The fourth-order valence-electron chi connectivity index (χ4n) is 2.07. The zero-order valence-electron chi connectivity index (χ0n) is 15.4. The molecule has 0 radical (unpaired) electrons. The molecule has 3 amide bonds. The molecule has 1 aromatic carbocycles. The van der Waals surface area contributed by atoms with E-state index in [1.54, 1.807) is 0 Å². The third-order valence-electron chi connectivity index (χ3n) is 3.62. The van der Waals surface area contributed by atoms with Gasteiger partial charge in [0.25, 0.3) is 11.8 Å². The lowest BCUT2D eigenvalue weighted by Gasteiger charge is -2.20. The van der Waals surface area contributed by atoms with E-state index in [2.05, 4.69) is 22.5 Å². The van der Waals surface area contributed by atoms with E-state index in [1.807, 2.05) is 67.8 Å². The van der Waals surface area contributed by atoms with Crippen molar-refractivity contribution in [1.82, 2.24) is 10.6 Å². The van der Waals surface area contributed by atoms with Crippen molar-refractivity contribution < 1.29 is 34.8 Å². The molecule has 1 rings (SSSR count). The predicted molar refractivity (Wildman–Crippen MR) is 134 cm³/mol. The smallest absolute Gasteiger partial charge is 0.253 e. The van der Waals surface area contributed by atoms with Gasteiger partial charge in [-0.3, -0.25) is 14.4 Å². The minimum absolute atomic E-state index is 0.0916. The van der Waals surface area contributed by atoms with Crippen LogP contribution in [-0.4, -0.2) is 76.7 Å². The third kappa shape index (κ3) is 7.23. The van der Waals surface area contributed by atoms with E-state index in [0.717, 1.165) is 6.08 Å². The Balaban J connectivity index is 3.50. The number of hydrogen-bond acceptors (Lipinski definition) is 7. The number of halogens is 3. The van der Waals surface area contributed by atoms with Gasteiger partial charge in [0.05, 0.1) is 49.4 Å². The molecule has 0 aliphatic carbocycles. The molecule has 0 spiro atoms. The number of benzene rings is 1. The van der Waals surface area contributed by atoms with Crippen LogP contribution in [-0.2, 0) is 4.79 Å². The number of amides is 3. The second kappa shape index (κ2) is 13.1. The standard InChI is InChI=1S/C17H20I3N3O7/c1-2-9(28)23-15-13(19)10(16(29)21-3-7(26)5-24)12(18)11(14(15)20)17(30)22-4-8(27)6-25/h2,7-8,24-27H,1,3-6H2,(H,21,29)(H,22,30)(H,23,28). The maximum Gasteiger partial charge on any atom is 0.253 e. The van der Waals surface area contributed by atoms with E-state index in [4.69, 9.17) is 10.2 Å². The summed E-state index contributed by atoms with van der Waals surface area (Å²) in [5.74, 6) is -1.78. The summed E-state index contributed by atoms with van der Waals surface area (Å²) in [6.45, 7) is 1.87. The van der Waals surface area contributed by atoms with Crippen LogP contribution >= 0.6 is 67.8 Å². The van der Waals surface area contributed by atoms with Crippen molar-refractivity contribution in [3.8, 4) is 0 Å². The first kappa shape index (κ1) is 27.4. The van der Waals surface area contributed by atoms with Crippen LogP contribution < -0.4 is 16.0 Å².